The van der Waals surface area contributed by atoms with Crippen molar-refractivity contribution in [2.24, 2.45) is 0 Å². The van der Waals surface area contributed by atoms with Crippen molar-refractivity contribution in [1.82, 2.24) is 4.90 Å². The molecule has 0 fully saturated rings. The first-order chi connectivity index (χ1) is 8.31. The number of methoxy groups -OCH3 is 1. The predicted octanol–water partition coefficient (Wildman–Crippen LogP) is 3.67. The molecule has 0 amide bonds. The lowest BCUT2D eigenvalue weighted by Crippen LogP contribution is -2.39. The maximum Gasteiger partial charge on any atom is 0.162 e. The van der Waals surface area contributed by atoms with Gasteiger partial charge in [-0.15, -0.1) is 0 Å². The lowest BCUT2D eigenvalue weighted by Gasteiger charge is -2.35. The van der Waals surface area contributed by atoms with Crippen molar-refractivity contribution >= 4 is 11.6 Å². The first-order valence-corrected chi connectivity index (χ1v) is 6.46. The van der Waals surface area contributed by atoms with Gasteiger partial charge < -0.3 is 9.84 Å². The predicted molar refractivity (Wildman–Crippen MR) is 75.5 cm³/mol. The van der Waals surface area contributed by atoms with E-state index in [-0.39, 0.29) is 11.3 Å². The molecular weight excluding hydrogens is 250 g/mol. The zero-order valence-corrected chi connectivity index (χ0v) is 12.5. The van der Waals surface area contributed by atoms with Crippen molar-refractivity contribution in [1.29, 1.82) is 0 Å². The van der Waals surface area contributed by atoms with Gasteiger partial charge in [0, 0.05) is 28.7 Å². The summed E-state index contributed by atoms with van der Waals surface area (Å²) in [6.45, 7) is 7.12. The molecule has 18 heavy (non-hydrogen) atoms. The molecular formula is C14H22ClNO2. The highest BCUT2D eigenvalue weighted by Crippen LogP contribution is 2.35. The van der Waals surface area contributed by atoms with E-state index in [1.165, 1.54) is 7.11 Å². The van der Waals surface area contributed by atoms with Crippen LogP contribution in [0.5, 0.6) is 11.5 Å². The van der Waals surface area contributed by atoms with E-state index in [2.05, 4.69) is 25.7 Å². The Morgan fingerprint density at radius 2 is 2.00 bits per heavy atom. The molecule has 0 spiro atoms. The molecule has 0 aliphatic rings. The Hall–Kier alpha value is -0.930. The van der Waals surface area contributed by atoms with E-state index in [1.807, 2.05) is 7.05 Å². The van der Waals surface area contributed by atoms with Gasteiger partial charge in [-0.3, -0.25) is 4.90 Å². The van der Waals surface area contributed by atoms with Crippen LogP contribution in [0.1, 0.15) is 32.8 Å². The highest BCUT2D eigenvalue weighted by atomic mass is 35.5. The van der Waals surface area contributed by atoms with E-state index in [9.17, 15) is 5.11 Å². The molecule has 102 valence electrons. The molecule has 4 heteroatoms. The Morgan fingerprint density at radius 3 is 2.50 bits per heavy atom. The van der Waals surface area contributed by atoms with Crippen molar-refractivity contribution < 1.29 is 9.84 Å². The van der Waals surface area contributed by atoms with Gasteiger partial charge in [0.25, 0.3) is 0 Å². The highest BCUT2D eigenvalue weighted by molar-refractivity contribution is 6.30. The average Bonchev–Trinajstić information content (AvgIpc) is 2.33. The molecule has 1 rings (SSSR count). The van der Waals surface area contributed by atoms with Gasteiger partial charge in [-0.2, -0.15) is 0 Å². The van der Waals surface area contributed by atoms with Crippen molar-refractivity contribution in [3.63, 3.8) is 0 Å². The van der Waals surface area contributed by atoms with Crippen molar-refractivity contribution in [2.45, 2.75) is 39.3 Å². The van der Waals surface area contributed by atoms with E-state index in [1.54, 1.807) is 12.1 Å². The third-order valence-corrected chi connectivity index (χ3v) is 3.86. The molecule has 0 radical (unpaired) electrons. The Kier molecular flexibility index (Phi) is 4.88. The molecule has 1 aromatic carbocycles. The highest BCUT2D eigenvalue weighted by Gasteiger charge is 2.22. The second-order valence-corrected chi connectivity index (χ2v) is 5.57. The molecule has 1 N–H and O–H groups in total. The maximum absolute atomic E-state index is 10.1. The minimum absolute atomic E-state index is 0.0714. The zero-order chi connectivity index (χ0) is 13.9. The lowest BCUT2D eigenvalue weighted by atomic mass is 9.99. The first-order valence-electron chi connectivity index (χ1n) is 6.08. The summed E-state index contributed by atoms with van der Waals surface area (Å²) in [5.74, 6) is 0.584. The monoisotopic (exact) mass is 271 g/mol. The van der Waals surface area contributed by atoms with Crippen LogP contribution >= 0.6 is 11.6 Å². The molecule has 0 aromatic heterocycles. The minimum Gasteiger partial charge on any atom is -0.504 e. The molecule has 3 nitrogen and oxygen atoms in total. The minimum atomic E-state index is 0.0714. The van der Waals surface area contributed by atoms with Gasteiger partial charge in [0.15, 0.2) is 11.5 Å². The molecule has 0 saturated heterocycles. The van der Waals surface area contributed by atoms with Crippen LogP contribution < -0.4 is 4.74 Å². The Morgan fingerprint density at radius 1 is 1.39 bits per heavy atom. The summed E-state index contributed by atoms with van der Waals surface area (Å²) in [4.78, 5) is 2.19. The average molecular weight is 272 g/mol. The number of ether oxygens (including phenoxy) is 1. The number of nitrogens with zero attached hydrogens (tertiary/aromatic N) is 1. The normalized spacial score (nSPS) is 11.9. The quantitative estimate of drug-likeness (QED) is 0.887. The standard InChI is InChI=1S/C14H22ClNO2/c1-6-14(2,3)16(4)9-10-7-11(15)8-12(18-5)13(10)17/h7-8,17H,6,9H2,1-5H3. The largest absolute Gasteiger partial charge is 0.504 e. The Bertz CT molecular complexity index is 419. The molecule has 0 atom stereocenters. The summed E-state index contributed by atoms with van der Waals surface area (Å²) < 4.78 is 5.11. The third-order valence-electron chi connectivity index (χ3n) is 3.64. The topological polar surface area (TPSA) is 32.7 Å². The molecule has 0 unspecified atom stereocenters. The summed E-state index contributed by atoms with van der Waals surface area (Å²) in [5, 5.41) is 10.7. The van der Waals surface area contributed by atoms with Crippen LogP contribution in [0.15, 0.2) is 12.1 Å². The number of aromatic hydroxyl groups is 1. The van der Waals surface area contributed by atoms with Crippen LogP contribution in [0.25, 0.3) is 0 Å². The number of hydrogen-bond acceptors (Lipinski definition) is 3. The number of phenols is 1. The van der Waals surface area contributed by atoms with Gasteiger partial charge in [-0.05, 0) is 33.4 Å². The summed E-state index contributed by atoms with van der Waals surface area (Å²) in [6, 6.07) is 3.40. The molecule has 0 bridgehead atoms. The third kappa shape index (κ3) is 3.30. The van der Waals surface area contributed by atoms with Gasteiger partial charge in [-0.1, -0.05) is 18.5 Å². The van der Waals surface area contributed by atoms with Gasteiger partial charge in [-0.25, -0.2) is 0 Å². The van der Waals surface area contributed by atoms with Gasteiger partial charge in [0.05, 0.1) is 7.11 Å². The first kappa shape index (κ1) is 15.1. The van der Waals surface area contributed by atoms with Crippen LogP contribution in [-0.4, -0.2) is 29.7 Å². The second kappa shape index (κ2) is 5.81. The number of benzene rings is 1. The number of hydrogen-bond donors (Lipinski definition) is 1. The van der Waals surface area contributed by atoms with E-state index < -0.39 is 0 Å². The Labute approximate surface area is 114 Å². The van der Waals surface area contributed by atoms with Gasteiger partial charge in [0.1, 0.15) is 0 Å². The van der Waals surface area contributed by atoms with Crippen LogP contribution in [-0.2, 0) is 6.54 Å². The SMILES string of the molecule is CCC(C)(C)N(C)Cc1cc(Cl)cc(OC)c1O. The maximum atomic E-state index is 10.1. The van der Waals surface area contributed by atoms with Crippen molar-refractivity contribution in [3.05, 3.63) is 22.7 Å². The van der Waals surface area contributed by atoms with Crippen LogP contribution in [0.4, 0.5) is 0 Å². The van der Waals surface area contributed by atoms with Gasteiger partial charge >= 0.3 is 0 Å². The zero-order valence-electron chi connectivity index (χ0n) is 11.7. The summed E-state index contributed by atoms with van der Waals surface area (Å²) >= 11 is 6.02. The van der Waals surface area contributed by atoms with E-state index in [0.717, 1.165) is 12.0 Å². The second-order valence-electron chi connectivity index (χ2n) is 5.14. The fraction of sp³-hybridized carbons (Fsp3) is 0.571. The van der Waals surface area contributed by atoms with Crippen LogP contribution in [0.3, 0.4) is 0 Å². The fourth-order valence-corrected chi connectivity index (χ4v) is 1.87. The van der Waals surface area contributed by atoms with Gasteiger partial charge in [0.2, 0.25) is 0 Å². The van der Waals surface area contributed by atoms with E-state index in [0.29, 0.717) is 17.3 Å². The summed E-state index contributed by atoms with van der Waals surface area (Å²) in [6.07, 6.45) is 1.03. The summed E-state index contributed by atoms with van der Waals surface area (Å²) in [5.41, 5.74) is 0.852. The number of halogens is 1. The van der Waals surface area contributed by atoms with Crippen molar-refractivity contribution in [3.8, 4) is 11.5 Å². The number of rotatable bonds is 5. The molecule has 1 aromatic rings. The van der Waals surface area contributed by atoms with E-state index >= 15 is 0 Å². The van der Waals surface area contributed by atoms with Crippen LogP contribution in [0.2, 0.25) is 5.02 Å². The Balaban J connectivity index is 3.01. The van der Waals surface area contributed by atoms with Crippen LogP contribution in [0, 0.1) is 0 Å². The molecule has 0 aliphatic heterocycles. The van der Waals surface area contributed by atoms with E-state index in [4.69, 9.17) is 16.3 Å². The molecule has 0 aliphatic carbocycles. The molecule has 0 saturated carbocycles. The fourth-order valence-electron chi connectivity index (χ4n) is 1.64. The smallest absolute Gasteiger partial charge is 0.162 e. The van der Waals surface area contributed by atoms with Crippen molar-refractivity contribution in [2.75, 3.05) is 14.2 Å². The lowest BCUT2D eigenvalue weighted by molar-refractivity contribution is 0.141. The molecule has 0 heterocycles. The summed E-state index contributed by atoms with van der Waals surface area (Å²) in [7, 11) is 3.56. The number of phenolic OH excluding ortho intramolecular Hbond substituents is 1.